The van der Waals surface area contributed by atoms with E-state index < -0.39 is 12.1 Å². The molecule has 0 bridgehead atoms. The average Bonchev–Trinajstić information content (AvgIpc) is 2.79. The summed E-state index contributed by atoms with van der Waals surface area (Å²) in [5.41, 5.74) is 0. The van der Waals surface area contributed by atoms with Crippen LogP contribution in [0, 0.1) is 5.92 Å². The zero-order valence-electron chi connectivity index (χ0n) is 9.91. The molecule has 92 valence electrons. The lowest BCUT2D eigenvalue weighted by Gasteiger charge is -2.11. The molecule has 5 nitrogen and oxygen atoms in total. The molecule has 0 aliphatic carbocycles. The fourth-order valence-corrected chi connectivity index (χ4v) is 1.49. The van der Waals surface area contributed by atoms with Crippen molar-refractivity contribution in [3.63, 3.8) is 0 Å². The van der Waals surface area contributed by atoms with Gasteiger partial charge < -0.3 is 15.4 Å². The van der Waals surface area contributed by atoms with E-state index in [1.54, 1.807) is 0 Å². The number of alkyl carbamates (subject to hydrolysis) is 1. The highest BCUT2D eigenvalue weighted by Crippen LogP contribution is 2.06. The highest BCUT2D eigenvalue weighted by molar-refractivity contribution is 5.87. The molecule has 2 N–H and O–H groups in total. The van der Waals surface area contributed by atoms with Gasteiger partial charge in [-0.15, -0.1) is 0 Å². The van der Waals surface area contributed by atoms with E-state index in [4.69, 9.17) is 0 Å². The molecule has 1 saturated heterocycles. The van der Waals surface area contributed by atoms with Crippen LogP contribution in [0.25, 0.3) is 0 Å². The molecule has 0 radical (unpaired) electrons. The third-order valence-electron chi connectivity index (χ3n) is 2.83. The Morgan fingerprint density at radius 1 is 1.56 bits per heavy atom. The standard InChI is InChI=1S/C11H20N2O3/c1-3-8(2)7-13-11(15)16-10(14)9-5-4-6-12-9/h8-9,12H,3-7H2,1-2H3,(H,13,15). The molecular formula is C11H20N2O3. The van der Waals surface area contributed by atoms with Crippen LogP contribution >= 0.6 is 0 Å². The number of hydrogen-bond acceptors (Lipinski definition) is 4. The van der Waals surface area contributed by atoms with Gasteiger partial charge in [0, 0.05) is 6.54 Å². The van der Waals surface area contributed by atoms with Crippen molar-refractivity contribution in [1.29, 1.82) is 0 Å². The fourth-order valence-electron chi connectivity index (χ4n) is 1.49. The van der Waals surface area contributed by atoms with Crippen molar-refractivity contribution in [1.82, 2.24) is 10.6 Å². The number of ether oxygens (including phenoxy) is 1. The summed E-state index contributed by atoms with van der Waals surface area (Å²) in [6, 6.07) is -0.311. The SMILES string of the molecule is CCC(C)CNC(=O)OC(=O)C1CCCN1. The predicted molar refractivity (Wildman–Crippen MR) is 60.0 cm³/mol. The van der Waals surface area contributed by atoms with Crippen LogP contribution in [0.4, 0.5) is 4.79 Å². The highest BCUT2D eigenvalue weighted by atomic mass is 16.6. The minimum absolute atomic E-state index is 0.311. The van der Waals surface area contributed by atoms with Gasteiger partial charge in [-0.3, -0.25) is 0 Å². The first-order valence-corrected chi connectivity index (χ1v) is 5.86. The van der Waals surface area contributed by atoms with E-state index in [0.717, 1.165) is 25.8 Å². The smallest absolute Gasteiger partial charge is 0.375 e. The third kappa shape index (κ3) is 4.18. The van der Waals surface area contributed by atoms with Crippen LogP contribution in [0.3, 0.4) is 0 Å². The van der Waals surface area contributed by atoms with Gasteiger partial charge in [-0.25, -0.2) is 9.59 Å². The second kappa shape index (κ2) is 6.48. The van der Waals surface area contributed by atoms with Crippen molar-refractivity contribution in [2.24, 2.45) is 5.92 Å². The summed E-state index contributed by atoms with van der Waals surface area (Å²) in [4.78, 5) is 22.7. The molecule has 1 heterocycles. The lowest BCUT2D eigenvalue weighted by Crippen LogP contribution is -2.37. The highest BCUT2D eigenvalue weighted by Gasteiger charge is 2.25. The Balaban J connectivity index is 2.20. The van der Waals surface area contributed by atoms with Crippen molar-refractivity contribution in [2.45, 2.75) is 39.2 Å². The molecule has 0 aromatic rings. The number of carbonyl (C=O) groups excluding carboxylic acids is 2. The maximum atomic E-state index is 11.4. The zero-order valence-corrected chi connectivity index (χ0v) is 9.91. The van der Waals surface area contributed by atoms with E-state index >= 15 is 0 Å². The van der Waals surface area contributed by atoms with Crippen LogP contribution < -0.4 is 10.6 Å². The molecule has 5 heteroatoms. The van der Waals surface area contributed by atoms with E-state index in [2.05, 4.69) is 15.4 Å². The second-order valence-corrected chi connectivity index (χ2v) is 4.25. The van der Waals surface area contributed by atoms with Crippen molar-refractivity contribution >= 4 is 12.1 Å². The number of amides is 1. The topological polar surface area (TPSA) is 67.4 Å². The van der Waals surface area contributed by atoms with Gasteiger partial charge in [0.25, 0.3) is 0 Å². The van der Waals surface area contributed by atoms with Crippen LogP contribution in [-0.2, 0) is 9.53 Å². The molecular weight excluding hydrogens is 208 g/mol. The summed E-state index contributed by atoms with van der Waals surface area (Å²) in [6.07, 6.45) is 2.04. The van der Waals surface area contributed by atoms with Crippen LogP contribution in [0.2, 0.25) is 0 Å². The first-order chi connectivity index (χ1) is 7.63. The first kappa shape index (κ1) is 13.0. The van der Waals surface area contributed by atoms with Gasteiger partial charge in [-0.05, 0) is 25.3 Å². The summed E-state index contributed by atoms with van der Waals surface area (Å²) in [7, 11) is 0. The molecule has 0 spiro atoms. The van der Waals surface area contributed by atoms with Crippen LogP contribution in [0.15, 0.2) is 0 Å². The van der Waals surface area contributed by atoms with Gasteiger partial charge in [-0.1, -0.05) is 20.3 Å². The summed E-state index contributed by atoms with van der Waals surface area (Å²) < 4.78 is 4.68. The molecule has 1 aliphatic heterocycles. The zero-order chi connectivity index (χ0) is 12.0. The summed E-state index contributed by atoms with van der Waals surface area (Å²) >= 11 is 0. The van der Waals surface area contributed by atoms with Gasteiger partial charge in [0.15, 0.2) is 0 Å². The first-order valence-electron chi connectivity index (χ1n) is 5.86. The average molecular weight is 228 g/mol. The molecule has 1 rings (SSSR count). The van der Waals surface area contributed by atoms with Gasteiger partial charge in [0.05, 0.1) is 0 Å². The normalized spacial score (nSPS) is 21.5. The maximum Gasteiger partial charge on any atom is 0.414 e. The fraction of sp³-hybridized carbons (Fsp3) is 0.818. The molecule has 0 saturated carbocycles. The molecule has 2 unspecified atom stereocenters. The Labute approximate surface area is 95.9 Å². The number of rotatable bonds is 4. The van der Waals surface area contributed by atoms with Gasteiger partial charge in [-0.2, -0.15) is 0 Å². The molecule has 1 fully saturated rings. The summed E-state index contributed by atoms with van der Waals surface area (Å²) in [6.45, 7) is 5.43. The van der Waals surface area contributed by atoms with Crippen molar-refractivity contribution in [3.8, 4) is 0 Å². The van der Waals surface area contributed by atoms with E-state index in [9.17, 15) is 9.59 Å². The van der Waals surface area contributed by atoms with E-state index in [1.807, 2.05) is 13.8 Å². The Bertz CT molecular complexity index is 250. The number of hydrogen-bond donors (Lipinski definition) is 2. The van der Waals surface area contributed by atoms with Crippen LogP contribution in [0.5, 0.6) is 0 Å². The van der Waals surface area contributed by atoms with E-state index in [-0.39, 0.29) is 6.04 Å². The minimum Gasteiger partial charge on any atom is -0.375 e. The van der Waals surface area contributed by atoms with Gasteiger partial charge >= 0.3 is 12.1 Å². The van der Waals surface area contributed by atoms with Crippen LogP contribution in [-0.4, -0.2) is 31.2 Å². The van der Waals surface area contributed by atoms with E-state index in [1.165, 1.54) is 0 Å². The molecule has 2 atom stereocenters. The molecule has 1 amide bonds. The Kier molecular flexibility index (Phi) is 5.25. The molecule has 1 aliphatic rings. The largest absolute Gasteiger partial charge is 0.414 e. The third-order valence-corrected chi connectivity index (χ3v) is 2.83. The van der Waals surface area contributed by atoms with Gasteiger partial charge in [0.2, 0.25) is 0 Å². The van der Waals surface area contributed by atoms with Crippen molar-refractivity contribution in [3.05, 3.63) is 0 Å². The predicted octanol–water partition coefficient (Wildman–Crippen LogP) is 1.04. The lowest BCUT2D eigenvalue weighted by molar-refractivity contribution is -0.139. The lowest BCUT2D eigenvalue weighted by atomic mass is 10.1. The second-order valence-electron chi connectivity index (χ2n) is 4.25. The monoisotopic (exact) mass is 228 g/mol. The Morgan fingerprint density at radius 2 is 2.31 bits per heavy atom. The molecule has 16 heavy (non-hydrogen) atoms. The number of nitrogens with one attached hydrogen (secondary N) is 2. The summed E-state index contributed by atoms with van der Waals surface area (Å²) in [5, 5.41) is 5.56. The molecule has 0 aromatic carbocycles. The minimum atomic E-state index is -0.640. The number of esters is 1. The Hall–Kier alpha value is -1.10. The van der Waals surface area contributed by atoms with E-state index in [0.29, 0.717) is 12.5 Å². The maximum absolute atomic E-state index is 11.4. The van der Waals surface area contributed by atoms with Crippen molar-refractivity contribution in [2.75, 3.05) is 13.1 Å². The van der Waals surface area contributed by atoms with Crippen LogP contribution in [0.1, 0.15) is 33.1 Å². The summed E-state index contributed by atoms with van der Waals surface area (Å²) in [5.74, 6) is -0.0774. The Morgan fingerprint density at radius 3 is 2.88 bits per heavy atom. The quantitative estimate of drug-likeness (QED) is 0.557. The van der Waals surface area contributed by atoms with Gasteiger partial charge in [0.1, 0.15) is 6.04 Å². The molecule has 0 aromatic heterocycles. The number of carbonyl (C=O) groups is 2. The van der Waals surface area contributed by atoms with Crippen molar-refractivity contribution < 1.29 is 14.3 Å².